The molecule has 1 heterocycles. The Morgan fingerprint density at radius 1 is 1.04 bits per heavy atom. The minimum absolute atomic E-state index is 0.0209. The third-order valence-electron chi connectivity index (χ3n) is 3.78. The summed E-state index contributed by atoms with van der Waals surface area (Å²) in [5, 5.41) is 0. The Hall–Kier alpha value is -2.36. The van der Waals surface area contributed by atoms with Gasteiger partial charge in [-0.05, 0) is 40.3 Å². The maximum Gasteiger partial charge on any atom is 0.423 e. The molecule has 1 aromatic heterocycles. The molecule has 0 unspecified atom stereocenters. The van der Waals surface area contributed by atoms with E-state index in [2.05, 4.69) is 32.6 Å². The van der Waals surface area contributed by atoms with Crippen molar-refractivity contribution >= 4 is 34.2 Å². The molecule has 0 saturated carbocycles. The lowest BCUT2D eigenvalue weighted by atomic mass is 10.2. The number of hydrogen-bond acceptors (Lipinski definition) is 4. The van der Waals surface area contributed by atoms with Crippen molar-refractivity contribution in [2.24, 2.45) is 0 Å². The fourth-order valence-corrected chi connectivity index (χ4v) is 3.13. The highest BCUT2D eigenvalue weighted by Crippen LogP contribution is 2.36. The largest absolute Gasteiger partial charge is 0.472 e. The Bertz CT molecular complexity index is 920. The Kier molecular flexibility index (Phi) is 5.83. The number of rotatable bonds is 5. The first kappa shape index (κ1) is 19.4. The first-order valence-corrected chi connectivity index (χ1v) is 9.03. The van der Waals surface area contributed by atoms with E-state index in [0.29, 0.717) is 0 Å². The second-order valence-electron chi connectivity index (χ2n) is 5.67. The Balaban J connectivity index is 1.94. The third kappa shape index (κ3) is 4.68. The molecule has 0 bridgehead atoms. The molecule has 0 amide bonds. The van der Waals surface area contributed by atoms with E-state index in [1.54, 1.807) is 36.2 Å². The van der Waals surface area contributed by atoms with Crippen LogP contribution < -0.4 is 9.64 Å². The topological polar surface area (TPSA) is 38.2 Å². The fraction of sp³-hybridized carbons (Fsp3) is 0.158. The summed E-state index contributed by atoms with van der Waals surface area (Å²) >= 11 is 2.15. The van der Waals surface area contributed by atoms with Gasteiger partial charge in [0.1, 0.15) is 12.2 Å². The minimum Gasteiger partial charge on any atom is -0.472 e. The maximum atomic E-state index is 13.3. The van der Waals surface area contributed by atoms with Gasteiger partial charge in [-0.15, -0.1) is 0 Å². The van der Waals surface area contributed by atoms with Crippen LogP contribution in [0.3, 0.4) is 0 Å². The van der Waals surface area contributed by atoms with Gasteiger partial charge in [0, 0.05) is 16.8 Å². The summed E-state index contributed by atoms with van der Waals surface area (Å²) in [7, 11) is 1.70. The molecule has 0 aliphatic rings. The SMILES string of the molecule is CN(c1ncc(C(F)(F)F)c(OCc2ccccc2)n1)c1ccccc1I. The molecule has 4 nitrogen and oxygen atoms in total. The average molecular weight is 485 g/mol. The quantitative estimate of drug-likeness (QED) is 0.451. The van der Waals surface area contributed by atoms with Crippen molar-refractivity contribution < 1.29 is 17.9 Å². The molecule has 0 saturated heterocycles. The number of hydrogen-bond donors (Lipinski definition) is 0. The van der Waals surface area contributed by atoms with E-state index >= 15 is 0 Å². The molecule has 0 spiro atoms. The van der Waals surface area contributed by atoms with Gasteiger partial charge in [-0.3, -0.25) is 0 Å². The average Bonchev–Trinajstić information content (AvgIpc) is 2.66. The summed E-state index contributed by atoms with van der Waals surface area (Å²) in [6.45, 7) is -0.0209. The van der Waals surface area contributed by atoms with E-state index in [0.717, 1.165) is 21.0 Å². The Morgan fingerprint density at radius 2 is 1.70 bits per heavy atom. The zero-order chi connectivity index (χ0) is 19.4. The van der Waals surface area contributed by atoms with Crippen LogP contribution in [0.15, 0.2) is 60.8 Å². The second-order valence-corrected chi connectivity index (χ2v) is 6.83. The number of aromatic nitrogens is 2. The molecule has 2 aromatic carbocycles. The third-order valence-corrected chi connectivity index (χ3v) is 4.69. The first-order valence-electron chi connectivity index (χ1n) is 7.95. The van der Waals surface area contributed by atoms with Crippen molar-refractivity contribution in [2.45, 2.75) is 12.8 Å². The van der Waals surface area contributed by atoms with E-state index in [4.69, 9.17) is 4.74 Å². The van der Waals surface area contributed by atoms with Crippen molar-refractivity contribution in [3.8, 4) is 5.88 Å². The van der Waals surface area contributed by atoms with Crippen molar-refractivity contribution in [3.05, 3.63) is 75.5 Å². The van der Waals surface area contributed by atoms with Crippen LogP contribution >= 0.6 is 22.6 Å². The van der Waals surface area contributed by atoms with Crippen LogP contribution in [0.4, 0.5) is 24.8 Å². The number of benzene rings is 2. The summed E-state index contributed by atoms with van der Waals surface area (Å²) in [5.74, 6) is -0.371. The molecule has 0 radical (unpaired) electrons. The molecule has 140 valence electrons. The zero-order valence-electron chi connectivity index (χ0n) is 14.2. The Morgan fingerprint density at radius 3 is 2.37 bits per heavy atom. The van der Waals surface area contributed by atoms with E-state index in [1.165, 1.54) is 0 Å². The molecule has 0 atom stereocenters. The predicted molar refractivity (Wildman–Crippen MR) is 105 cm³/mol. The van der Waals surface area contributed by atoms with Gasteiger partial charge >= 0.3 is 6.18 Å². The predicted octanol–water partition coefficient (Wildman–Crippen LogP) is 5.45. The lowest BCUT2D eigenvalue weighted by Gasteiger charge is -2.20. The minimum atomic E-state index is -4.61. The summed E-state index contributed by atoms with van der Waals surface area (Å²) < 4.78 is 46.3. The molecule has 3 aromatic rings. The van der Waals surface area contributed by atoms with Crippen LogP contribution in [0.25, 0.3) is 0 Å². The second kappa shape index (κ2) is 8.12. The van der Waals surface area contributed by atoms with Crippen molar-refractivity contribution in [1.29, 1.82) is 0 Å². The van der Waals surface area contributed by atoms with Gasteiger partial charge in [-0.1, -0.05) is 42.5 Å². The van der Waals surface area contributed by atoms with E-state index in [9.17, 15) is 13.2 Å². The van der Waals surface area contributed by atoms with Gasteiger partial charge in [0.15, 0.2) is 0 Å². The molecule has 0 fully saturated rings. The van der Waals surface area contributed by atoms with Gasteiger partial charge in [-0.2, -0.15) is 18.2 Å². The van der Waals surface area contributed by atoms with Crippen LogP contribution in [0.5, 0.6) is 5.88 Å². The molecular formula is C19H15F3IN3O. The Labute approximate surface area is 168 Å². The maximum absolute atomic E-state index is 13.3. The highest BCUT2D eigenvalue weighted by atomic mass is 127. The van der Waals surface area contributed by atoms with E-state index in [1.807, 2.05) is 30.3 Å². The summed E-state index contributed by atoms with van der Waals surface area (Å²) in [6, 6.07) is 16.4. The van der Waals surface area contributed by atoms with E-state index < -0.39 is 17.6 Å². The van der Waals surface area contributed by atoms with Gasteiger partial charge in [-0.25, -0.2) is 4.98 Å². The van der Waals surface area contributed by atoms with Crippen molar-refractivity contribution in [1.82, 2.24) is 9.97 Å². The molecule has 0 aliphatic carbocycles. The number of nitrogens with zero attached hydrogens (tertiary/aromatic N) is 3. The normalized spacial score (nSPS) is 11.3. The van der Waals surface area contributed by atoms with Gasteiger partial charge in [0.2, 0.25) is 11.8 Å². The molecule has 27 heavy (non-hydrogen) atoms. The zero-order valence-corrected chi connectivity index (χ0v) is 16.4. The number of ether oxygens (including phenoxy) is 1. The number of para-hydroxylation sites is 1. The molecule has 0 N–H and O–H groups in total. The van der Waals surface area contributed by atoms with Crippen LogP contribution in [-0.2, 0) is 12.8 Å². The number of alkyl halides is 3. The lowest BCUT2D eigenvalue weighted by molar-refractivity contribution is -0.139. The highest BCUT2D eigenvalue weighted by molar-refractivity contribution is 14.1. The van der Waals surface area contributed by atoms with Gasteiger partial charge in [0.05, 0.1) is 5.69 Å². The summed E-state index contributed by atoms with van der Waals surface area (Å²) in [4.78, 5) is 9.55. The number of anilines is 2. The van der Waals surface area contributed by atoms with Gasteiger partial charge in [0.25, 0.3) is 0 Å². The smallest absolute Gasteiger partial charge is 0.423 e. The molecule has 3 rings (SSSR count). The van der Waals surface area contributed by atoms with Crippen molar-refractivity contribution in [2.75, 3.05) is 11.9 Å². The summed E-state index contributed by atoms with van der Waals surface area (Å²) in [6.07, 6.45) is -3.85. The van der Waals surface area contributed by atoms with E-state index in [-0.39, 0.29) is 12.6 Å². The standard InChI is InChI=1S/C19H15F3IN3O/c1-26(16-10-6-5-9-15(16)23)18-24-11-14(19(20,21)22)17(25-18)27-12-13-7-3-2-4-8-13/h2-11H,12H2,1H3. The highest BCUT2D eigenvalue weighted by Gasteiger charge is 2.36. The lowest BCUT2D eigenvalue weighted by Crippen LogP contribution is -2.17. The van der Waals surface area contributed by atoms with Crippen LogP contribution in [-0.4, -0.2) is 17.0 Å². The number of halogens is 4. The first-order chi connectivity index (χ1) is 12.9. The molecule has 8 heteroatoms. The monoisotopic (exact) mass is 485 g/mol. The molecular weight excluding hydrogens is 470 g/mol. The van der Waals surface area contributed by atoms with Crippen molar-refractivity contribution in [3.63, 3.8) is 0 Å². The van der Waals surface area contributed by atoms with Crippen LogP contribution in [0, 0.1) is 3.57 Å². The van der Waals surface area contributed by atoms with Crippen LogP contribution in [0.1, 0.15) is 11.1 Å². The fourth-order valence-electron chi connectivity index (χ4n) is 2.38. The summed E-state index contributed by atoms with van der Waals surface area (Å²) in [5.41, 5.74) is 0.530. The van der Waals surface area contributed by atoms with Gasteiger partial charge < -0.3 is 9.64 Å². The molecule has 0 aliphatic heterocycles. The van der Waals surface area contributed by atoms with Crippen LogP contribution in [0.2, 0.25) is 0 Å².